The number of aliphatic hydroxyl groups excluding tert-OH is 1. The third-order valence-electron chi connectivity index (χ3n) is 4.79. The molecule has 1 aliphatic rings. The van der Waals surface area contributed by atoms with Gasteiger partial charge < -0.3 is 5.11 Å². The van der Waals surface area contributed by atoms with Crippen LogP contribution in [-0.2, 0) is 6.54 Å². The number of hydrogen-bond acceptors (Lipinski definition) is 5. The second kappa shape index (κ2) is 6.59. The van der Waals surface area contributed by atoms with Crippen LogP contribution in [0, 0.1) is 6.92 Å². The van der Waals surface area contributed by atoms with E-state index in [1.54, 1.807) is 11.3 Å². The number of aromatic nitrogens is 2. The van der Waals surface area contributed by atoms with Crippen molar-refractivity contribution in [1.82, 2.24) is 15.1 Å². The Bertz CT molecular complexity index is 847. The molecule has 0 amide bonds. The summed E-state index contributed by atoms with van der Waals surface area (Å²) in [5.41, 5.74) is 1.24. The lowest BCUT2D eigenvalue weighted by atomic mass is 9.86. The van der Waals surface area contributed by atoms with Crippen molar-refractivity contribution in [2.45, 2.75) is 31.9 Å². The zero-order valence-corrected chi connectivity index (χ0v) is 14.5. The van der Waals surface area contributed by atoms with Crippen LogP contribution in [0.3, 0.4) is 0 Å². The Morgan fingerprint density at radius 3 is 2.75 bits per heavy atom. The fraction of sp³-hybridized carbons (Fsp3) is 0.368. The first-order valence-electron chi connectivity index (χ1n) is 8.37. The maximum Gasteiger partial charge on any atom is 0.131 e. The zero-order valence-electron chi connectivity index (χ0n) is 13.7. The number of rotatable bonds is 3. The minimum Gasteiger partial charge on any atom is -0.391 e. The number of hydrogen-bond donors (Lipinski definition) is 1. The van der Waals surface area contributed by atoms with Gasteiger partial charge in [-0.3, -0.25) is 4.90 Å². The molecular weight excluding hydrogens is 318 g/mol. The number of fused-ring (bicyclic) bond motifs is 1. The molecule has 1 aliphatic heterocycles. The van der Waals surface area contributed by atoms with Crippen molar-refractivity contribution in [1.29, 1.82) is 0 Å². The summed E-state index contributed by atoms with van der Waals surface area (Å²) >= 11 is 1.64. The van der Waals surface area contributed by atoms with Crippen LogP contribution in [0.2, 0.25) is 0 Å². The first-order chi connectivity index (χ1) is 11.7. The Kier molecular flexibility index (Phi) is 4.31. The quantitative estimate of drug-likeness (QED) is 0.795. The van der Waals surface area contributed by atoms with E-state index >= 15 is 0 Å². The number of nitrogens with zero attached hydrogens (tertiary/aromatic N) is 3. The van der Waals surface area contributed by atoms with Crippen LogP contribution in [0.1, 0.15) is 27.9 Å². The summed E-state index contributed by atoms with van der Waals surface area (Å²) in [7, 11) is 0. The molecule has 0 radical (unpaired) electrons. The highest BCUT2D eigenvalue weighted by Gasteiger charge is 2.29. The Balaban J connectivity index is 1.47. The molecule has 4 rings (SSSR count). The molecule has 0 bridgehead atoms. The Morgan fingerprint density at radius 1 is 1.17 bits per heavy atom. The lowest BCUT2D eigenvalue weighted by molar-refractivity contribution is 0.0476. The number of β-amino-alcohol motifs (C(OH)–C–C–N with tert-alkyl or cyclic N) is 1. The third-order valence-corrected chi connectivity index (χ3v) is 5.62. The molecule has 0 spiro atoms. The fourth-order valence-corrected chi connectivity index (χ4v) is 4.31. The minimum absolute atomic E-state index is 0.210. The second-order valence-corrected chi connectivity index (χ2v) is 7.79. The van der Waals surface area contributed by atoms with Crippen LogP contribution in [0.4, 0.5) is 0 Å². The predicted molar refractivity (Wildman–Crippen MR) is 97.2 cm³/mol. The van der Waals surface area contributed by atoms with E-state index in [0.29, 0.717) is 6.54 Å². The van der Waals surface area contributed by atoms with Crippen LogP contribution in [0.5, 0.6) is 0 Å². The molecule has 1 fully saturated rings. The highest BCUT2D eigenvalue weighted by Crippen LogP contribution is 2.31. The van der Waals surface area contributed by atoms with Gasteiger partial charge in [0.25, 0.3) is 0 Å². The number of aryl methyl sites for hydroxylation is 1. The summed E-state index contributed by atoms with van der Waals surface area (Å²) in [6, 6.07) is 14.9. The Labute approximate surface area is 145 Å². The zero-order chi connectivity index (χ0) is 16.5. The number of aliphatic hydroxyl groups is 1. The van der Waals surface area contributed by atoms with Crippen LogP contribution in [0.15, 0.2) is 42.5 Å². The van der Waals surface area contributed by atoms with Gasteiger partial charge in [-0.1, -0.05) is 42.5 Å². The highest BCUT2D eigenvalue weighted by atomic mass is 32.1. The first-order valence-corrected chi connectivity index (χ1v) is 9.19. The summed E-state index contributed by atoms with van der Waals surface area (Å²) in [5, 5.41) is 23.5. The Morgan fingerprint density at radius 2 is 2.00 bits per heavy atom. The van der Waals surface area contributed by atoms with Crippen molar-refractivity contribution < 1.29 is 5.11 Å². The summed E-state index contributed by atoms with van der Waals surface area (Å²) < 4.78 is 0. The SMILES string of the molecule is Cc1nnc(CN2CC[C@@H](c3ccc4ccccc4c3)[C@H](O)C2)s1. The number of benzene rings is 2. The molecule has 1 aromatic heterocycles. The molecule has 0 saturated carbocycles. The number of piperidine rings is 1. The molecular formula is C19H21N3OS. The summed E-state index contributed by atoms with van der Waals surface area (Å²) in [5.74, 6) is 0.210. The lowest BCUT2D eigenvalue weighted by Crippen LogP contribution is -2.42. The molecule has 124 valence electrons. The van der Waals surface area contributed by atoms with Crippen LogP contribution in [-0.4, -0.2) is 39.4 Å². The molecule has 0 aliphatic carbocycles. The molecule has 0 unspecified atom stereocenters. The van der Waals surface area contributed by atoms with Crippen LogP contribution < -0.4 is 0 Å². The van der Waals surface area contributed by atoms with E-state index in [1.807, 2.05) is 6.92 Å². The molecule has 2 aromatic carbocycles. The van der Waals surface area contributed by atoms with Crippen molar-refractivity contribution in [2.75, 3.05) is 13.1 Å². The summed E-state index contributed by atoms with van der Waals surface area (Å²) in [4.78, 5) is 2.28. The topological polar surface area (TPSA) is 49.2 Å². The molecule has 1 N–H and O–H groups in total. The van der Waals surface area contributed by atoms with Gasteiger partial charge in [-0.05, 0) is 36.2 Å². The van der Waals surface area contributed by atoms with Gasteiger partial charge in [-0.2, -0.15) is 0 Å². The minimum atomic E-state index is -0.339. The van der Waals surface area contributed by atoms with E-state index in [-0.39, 0.29) is 12.0 Å². The van der Waals surface area contributed by atoms with Gasteiger partial charge in [-0.15, -0.1) is 21.5 Å². The van der Waals surface area contributed by atoms with Gasteiger partial charge in [0.05, 0.1) is 12.6 Å². The van der Waals surface area contributed by atoms with E-state index in [1.165, 1.54) is 16.3 Å². The largest absolute Gasteiger partial charge is 0.391 e. The average Bonchev–Trinajstić information content (AvgIpc) is 2.99. The molecule has 4 nitrogen and oxygen atoms in total. The molecule has 1 saturated heterocycles. The number of likely N-dealkylation sites (tertiary alicyclic amines) is 1. The average molecular weight is 339 g/mol. The van der Waals surface area contributed by atoms with Crippen molar-refractivity contribution >= 4 is 22.1 Å². The standard InChI is InChI=1S/C19H21N3OS/c1-13-20-21-19(24-13)12-22-9-8-17(18(23)11-22)16-7-6-14-4-2-3-5-15(14)10-16/h2-7,10,17-18,23H,8-9,11-12H2,1H3/t17-,18+/m0/s1. The monoisotopic (exact) mass is 339 g/mol. The van der Waals surface area contributed by atoms with E-state index in [4.69, 9.17) is 0 Å². The summed E-state index contributed by atoms with van der Waals surface area (Å²) in [6.45, 7) is 4.43. The van der Waals surface area contributed by atoms with E-state index in [2.05, 4.69) is 57.6 Å². The van der Waals surface area contributed by atoms with Crippen LogP contribution in [0.25, 0.3) is 10.8 Å². The van der Waals surface area contributed by atoms with Gasteiger partial charge in [-0.25, -0.2) is 0 Å². The van der Waals surface area contributed by atoms with Crippen molar-refractivity contribution in [3.8, 4) is 0 Å². The molecule has 24 heavy (non-hydrogen) atoms. The molecule has 5 heteroatoms. The van der Waals surface area contributed by atoms with Gasteiger partial charge in [0.15, 0.2) is 0 Å². The molecule has 3 aromatic rings. The molecule has 2 atom stereocenters. The normalized spacial score (nSPS) is 22.1. The van der Waals surface area contributed by atoms with Crippen LogP contribution >= 0.6 is 11.3 Å². The maximum atomic E-state index is 10.7. The van der Waals surface area contributed by atoms with Crippen molar-refractivity contribution in [3.05, 3.63) is 58.0 Å². The van der Waals surface area contributed by atoms with E-state index in [0.717, 1.165) is 29.5 Å². The highest BCUT2D eigenvalue weighted by molar-refractivity contribution is 7.11. The fourth-order valence-electron chi connectivity index (χ4n) is 3.56. The van der Waals surface area contributed by atoms with Gasteiger partial charge >= 0.3 is 0 Å². The molecule has 2 heterocycles. The van der Waals surface area contributed by atoms with Crippen molar-refractivity contribution in [2.24, 2.45) is 0 Å². The van der Waals surface area contributed by atoms with E-state index in [9.17, 15) is 5.11 Å². The van der Waals surface area contributed by atoms with Gasteiger partial charge in [0.2, 0.25) is 0 Å². The smallest absolute Gasteiger partial charge is 0.131 e. The maximum absolute atomic E-state index is 10.7. The van der Waals surface area contributed by atoms with E-state index < -0.39 is 0 Å². The third kappa shape index (κ3) is 3.20. The van der Waals surface area contributed by atoms with Gasteiger partial charge in [0, 0.05) is 12.5 Å². The first kappa shape index (κ1) is 15.7. The Hall–Kier alpha value is -1.82. The summed E-state index contributed by atoms with van der Waals surface area (Å²) in [6.07, 6.45) is 0.631. The second-order valence-electron chi connectivity index (χ2n) is 6.52. The van der Waals surface area contributed by atoms with Gasteiger partial charge in [0.1, 0.15) is 10.0 Å². The van der Waals surface area contributed by atoms with Crippen molar-refractivity contribution in [3.63, 3.8) is 0 Å². The predicted octanol–water partition coefficient (Wildman–Crippen LogP) is 3.35. The lowest BCUT2D eigenvalue weighted by Gasteiger charge is -2.35.